The first-order valence-corrected chi connectivity index (χ1v) is 6.06. The van der Waals surface area contributed by atoms with Crippen LogP contribution in [0.15, 0.2) is 6.07 Å². The molecule has 0 fully saturated rings. The third kappa shape index (κ3) is 2.56. The van der Waals surface area contributed by atoms with Crippen LogP contribution in [0.4, 0.5) is 0 Å². The number of hydrogen-bond donors (Lipinski definition) is 2. The smallest absolute Gasteiger partial charge is 0.0308 e. The highest BCUT2D eigenvalue weighted by Gasteiger charge is 2.14. The highest BCUT2D eigenvalue weighted by molar-refractivity contribution is 7.80. The van der Waals surface area contributed by atoms with Gasteiger partial charge in [-0.05, 0) is 67.7 Å². The highest BCUT2D eigenvalue weighted by Crippen LogP contribution is 2.27. The lowest BCUT2D eigenvalue weighted by atomic mass is 9.89. The van der Waals surface area contributed by atoms with Crippen LogP contribution in [0.1, 0.15) is 40.3 Å². The quantitative estimate of drug-likeness (QED) is 0.756. The second-order valence-corrected chi connectivity index (χ2v) is 4.74. The lowest BCUT2D eigenvalue weighted by molar-refractivity contribution is 0.694. The Labute approximate surface area is 98.5 Å². The Morgan fingerprint density at radius 1 is 1.13 bits per heavy atom. The van der Waals surface area contributed by atoms with Gasteiger partial charge in [0.1, 0.15) is 0 Å². The van der Waals surface area contributed by atoms with Gasteiger partial charge in [0.05, 0.1) is 0 Å². The van der Waals surface area contributed by atoms with Gasteiger partial charge < -0.3 is 5.73 Å². The SMILES string of the molecule is Cc1cc(C)c(C)c(C(N)CCS)c1C. The maximum Gasteiger partial charge on any atom is 0.0308 e. The second kappa shape index (κ2) is 5.04. The summed E-state index contributed by atoms with van der Waals surface area (Å²) < 4.78 is 0. The molecule has 0 bridgehead atoms. The number of thiol groups is 1. The van der Waals surface area contributed by atoms with Crippen molar-refractivity contribution >= 4 is 12.6 Å². The number of nitrogens with two attached hydrogens (primary N) is 1. The second-order valence-electron chi connectivity index (χ2n) is 4.29. The average Bonchev–Trinajstić information content (AvgIpc) is 2.16. The monoisotopic (exact) mass is 223 g/mol. The van der Waals surface area contributed by atoms with Crippen molar-refractivity contribution in [1.82, 2.24) is 0 Å². The van der Waals surface area contributed by atoms with Crippen molar-refractivity contribution in [1.29, 1.82) is 0 Å². The van der Waals surface area contributed by atoms with E-state index in [0.29, 0.717) is 0 Å². The fourth-order valence-corrected chi connectivity index (χ4v) is 2.37. The molecule has 1 aromatic rings. The van der Waals surface area contributed by atoms with Crippen molar-refractivity contribution in [2.45, 2.75) is 40.2 Å². The molecule has 15 heavy (non-hydrogen) atoms. The summed E-state index contributed by atoms with van der Waals surface area (Å²) in [5.74, 6) is 0.840. The van der Waals surface area contributed by atoms with E-state index in [-0.39, 0.29) is 6.04 Å². The van der Waals surface area contributed by atoms with Gasteiger partial charge in [0.2, 0.25) is 0 Å². The molecule has 2 heteroatoms. The first-order valence-electron chi connectivity index (χ1n) is 5.42. The maximum atomic E-state index is 6.20. The van der Waals surface area contributed by atoms with Gasteiger partial charge >= 0.3 is 0 Å². The third-order valence-electron chi connectivity index (χ3n) is 3.23. The molecule has 0 amide bonds. The van der Waals surface area contributed by atoms with Crippen molar-refractivity contribution in [3.8, 4) is 0 Å². The van der Waals surface area contributed by atoms with Crippen LogP contribution in [0.2, 0.25) is 0 Å². The van der Waals surface area contributed by atoms with E-state index in [1.54, 1.807) is 0 Å². The Kier molecular flexibility index (Phi) is 4.23. The summed E-state index contributed by atoms with van der Waals surface area (Å²) in [6, 6.07) is 2.36. The van der Waals surface area contributed by atoms with Crippen molar-refractivity contribution in [3.05, 3.63) is 33.9 Å². The van der Waals surface area contributed by atoms with E-state index in [1.165, 1.54) is 27.8 Å². The van der Waals surface area contributed by atoms with E-state index in [1.807, 2.05) is 0 Å². The molecule has 0 aliphatic rings. The van der Waals surface area contributed by atoms with Gasteiger partial charge in [0.25, 0.3) is 0 Å². The molecule has 84 valence electrons. The minimum Gasteiger partial charge on any atom is -0.324 e. The van der Waals surface area contributed by atoms with Crippen LogP contribution in [0.25, 0.3) is 0 Å². The van der Waals surface area contributed by atoms with Gasteiger partial charge in [-0.2, -0.15) is 12.6 Å². The van der Waals surface area contributed by atoms with Gasteiger partial charge in [0.15, 0.2) is 0 Å². The molecular formula is C13H21NS. The summed E-state index contributed by atoms with van der Waals surface area (Å²) >= 11 is 4.25. The molecular weight excluding hydrogens is 202 g/mol. The molecule has 0 aliphatic carbocycles. The standard InChI is InChI=1S/C13H21NS/c1-8-7-9(2)11(4)13(10(8)3)12(14)5-6-15/h7,12,15H,5-6,14H2,1-4H3. The van der Waals surface area contributed by atoms with E-state index in [9.17, 15) is 0 Å². The van der Waals surface area contributed by atoms with Crippen LogP contribution in [-0.4, -0.2) is 5.75 Å². The molecule has 1 atom stereocenters. The molecule has 0 saturated carbocycles. The lowest BCUT2D eigenvalue weighted by Gasteiger charge is -2.20. The van der Waals surface area contributed by atoms with Crippen molar-refractivity contribution in [2.24, 2.45) is 5.73 Å². The average molecular weight is 223 g/mol. The number of aryl methyl sites for hydroxylation is 2. The topological polar surface area (TPSA) is 26.0 Å². The van der Waals surface area contributed by atoms with E-state index in [2.05, 4.69) is 46.4 Å². The molecule has 1 rings (SSSR count). The summed E-state index contributed by atoms with van der Waals surface area (Å²) in [5, 5.41) is 0. The Balaban J connectivity index is 3.26. The predicted molar refractivity (Wildman–Crippen MR) is 70.8 cm³/mol. The van der Waals surface area contributed by atoms with E-state index in [0.717, 1.165) is 12.2 Å². The molecule has 2 N–H and O–H groups in total. The van der Waals surface area contributed by atoms with Crippen LogP contribution < -0.4 is 5.73 Å². The van der Waals surface area contributed by atoms with Crippen LogP contribution in [-0.2, 0) is 0 Å². The van der Waals surface area contributed by atoms with Crippen molar-refractivity contribution in [2.75, 3.05) is 5.75 Å². The van der Waals surface area contributed by atoms with Crippen LogP contribution in [0.3, 0.4) is 0 Å². The molecule has 1 unspecified atom stereocenters. The van der Waals surface area contributed by atoms with Gasteiger partial charge in [-0.1, -0.05) is 6.07 Å². The Hall–Kier alpha value is -0.470. The molecule has 0 radical (unpaired) electrons. The maximum absolute atomic E-state index is 6.20. The molecule has 1 aromatic carbocycles. The summed E-state index contributed by atoms with van der Waals surface area (Å²) in [7, 11) is 0. The van der Waals surface area contributed by atoms with Crippen LogP contribution in [0, 0.1) is 27.7 Å². The summed E-state index contributed by atoms with van der Waals surface area (Å²) in [6.45, 7) is 8.63. The van der Waals surface area contributed by atoms with Crippen LogP contribution in [0.5, 0.6) is 0 Å². The van der Waals surface area contributed by atoms with Gasteiger partial charge in [0, 0.05) is 6.04 Å². The number of rotatable bonds is 3. The van der Waals surface area contributed by atoms with Gasteiger partial charge in [-0.25, -0.2) is 0 Å². The third-order valence-corrected chi connectivity index (χ3v) is 3.49. The minimum atomic E-state index is 0.126. The minimum absolute atomic E-state index is 0.126. The molecule has 0 aliphatic heterocycles. The highest BCUT2D eigenvalue weighted by atomic mass is 32.1. The number of benzene rings is 1. The number of hydrogen-bond acceptors (Lipinski definition) is 2. The van der Waals surface area contributed by atoms with Gasteiger partial charge in [-0.3, -0.25) is 0 Å². The first kappa shape index (κ1) is 12.6. The molecule has 0 saturated heterocycles. The fraction of sp³-hybridized carbons (Fsp3) is 0.538. The van der Waals surface area contributed by atoms with E-state index < -0.39 is 0 Å². The normalized spacial score (nSPS) is 12.9. The Bertz CT molecular complexity index is 332. The van der Waals surface area contributed by atoms with E-state index in [4.69, 9.17) is 5.73 Å². The fourth-order valence-electron chi connectivity index (χ4n) is 2.09. The molecule has 0 spiro atoms. The summed E-state index contributed by atoms with van der Waals surface area (Å²) in [5.41, 5.74) is 12.9. The zero-order valence-corrected chi connectivity index (χ0v) is 11.0. The van der Waals surface area contributed by atoms with Crippen LogP contribution >= 0.6 is 12.6 Å². The molecule has 1 nitrogen and oxygen atoms in total. The summed E-state index contributed by atoms with van der Waals surface area (Å²) in [6.07, 6.45) is 0.938. The largest absolute Gasteiger partial charge is 0.324 e. The Morgan fingerprint density at radius 3 is 2.00 bits per heavy atom. The zero-order chi connectivity index (χ0) is 11.6. The molecule has 0 aromatic heterocycles. The predicted octanol–water partition coefficient (Wildman–Crippen LogP) is 3.24. The zero-order valence-electron chi connectivity index (χ0n) is 10.1. The summed E-state index contributed by atoms with van der Waals surface area (Å²) in [4.78, 5) is 0. The van der Waals surface area contributed by atoms with Crippen molar-refractivity contribution in [3.63, 3.8) is 0 Å². The lowest BCUT2D eigenvalue weighted by Crippen LogP contribution is -2.15. The van der Waals surface area contributed by atoms with Gasteiger partial charge in [-0.15, -0.1) is 0 Å². The Morgan fingerprint density at radius 2 is 1.60 bits per heavy atom. The van der Waals surface area contributed by atoms with Crippen molar-refractivity contribution < 1.29 is 0 Å². The molecule has 0 heterocycles. The van der Waals surface area contributed by atoms with E-state index >= 15 is 0 Å². The first-order chi connectivity index (χ1) is 6.99.